The Morgan fingerprint density at radius 3 is 2.38 bits per heavy atom. The van der Waals surface area contributed by atoms with Crippen LogP contribution < -0.4 is 5.32 Å². The van der Waals surface area contributed by atoms with Gasteiger partial charge < -0.3 is 5.32 Å². The molecule has 1 saturated heterocycles. The Bertz CT molecular complexity index is 393. The molecule has 0 aromatic carbocycles. The first-order valence-electron chi connectivity index (χ1n) is 7.55. The smallest absolute Gasteiger partial charge is 0.0578 e. The molecule has 3 nitrogen and oxygen atoms in total. The van der Waals surface area contributed by atoms with Crippen LogP contribution in [0, 0.1) is 12.8 Å². The third-order valence-electron chi connectivity index (χ3n) is 3.86. The van der Waals surface area contributed by atoms with E-state index >= 15 is 0 Å². The maximum atomic E-state index is 4.76. The van der Waals surface area contributed by atoms with Crippen LogP contribution in [0.1, 0.15) is 44.1 Å². The van der Waals surface area contributed by atoms with Crippen molar-refractivity contribution in [3.63, 3.8) is 0 Å². The van der Waals surface area contributed by atoms with E-state index in [1.54, 1.807) is 0 Å². The fourth-order valence-electron chi connectivity index (χ4n) is 2.75. The van der Waals surface area contributed by atoms with E-state index in [1.807, 2.05) is 0 Å². The number of hydrogen-bond donors (Lipinski definition) is 1. The van der Waals surface area contributed by atoms with Gasteiger partial charge in [0.2, 0.25) is 0 Å². The second kappa shape index (κ2) is 10.4. The highest BCUT2D eigenvalue weighted by Crippen LogP contribution is 2.26. The van der Waals surface area contributed by atoms with Gasteiger partial charge in [0.05, 0.1) is 11.7 Å². The van der Waals surface area contributed by atoms with Crippen molar-refractivity contribution in [3.8, 4) is 0 Å². The summed E-state index contributed by atoms with van der Waals surface area (Å²) in [5.41, 5.74) is 2.38. The highest BCUT2D eigenvalue weighted by atomic mass is 35.5. The quantitative estimate of drug-likeness (QED) is 0.891. The first kappa shape index (κ1) is 20.6. The summed E-state index contributed by atoms with van der Waals surface area (Å²) in [4.78, 5) is 7.36. The van der Waals surface area contributed by atoms with E-state index in [1.165, 1.54) is 18.5 Å². The van der Waals surface area contributed by atoms with Gasteiger partial charge in [0.1, 0.15) is 0 Å². The molecular weight excluding hydrogens is 305 g/mol. The van der Waals surface area contributed by atoms with Crippen LogP contribution in [0.15, 0.2) is 18.2 Å². The molecule has 0 aliphatic carbocycles. The predicted octanol–water partition coefficient (Wildman–Crippen LogP) is 3.62. The van der Waals surface area contributed by atoms with E-state index in [9.17, 15) is 0 Å². The molecule has 0 bridgehead atoms. The number of halogens is 2. The van der Waals surface area contributed by atoms with E-state index in [-0.39, 0.29) is 24.8 Å². The molecule has 2 rings (SSSR count). The van der Waals surface area contributed by atoms with E-state index in [0.717, 1.165) is 37.8 Å². The van der Waals surface area contributed by atoms with Gasteiger partial charge in [-0.1, -0.05) is 19.9 Å². The first-order valence-corrected chi connectivity index (χ1v) is 7.55. The number of piperazine rings is 1. The highest BCUT2D eigenvalue weighted by Gasteiger charge is 2.23. The lowest BCUT2D eigenvalue weighted by atomic mass is 9.99. The third kappa shape index (κ3) is 6.52. The summed E-state index contributed by atoms with van der Waals surface area (Å²) in [7, 11) is 0. The van der Waals surface area contributed by atoms with Gasteiger partial charge in [0.15, 0.2) is 0 Å². The van der Waals surface area contributed by atoms with E-state index in [0.29, 0.717) is 6.04 Å². The van der Waals surface area contributed by atoms with Crippen LogP contribution in [-0.2, 0) is 0 Å². The van der Waals surface area contributed by atoms with Crippen molar-refractivity contribution in [2.45, 2.75) is 39.7 Å². The lowest BCUT2D eigenvalue weighted by molar-refractivity contribution is 0.156. The van der Waals surface area contributed by atoms with E-state index in [2.05, 4.69) is 49.2 Å². The van der Waals surface area contributed by atoms with Crippen LogP contribution >= 0.6 is 24.8 Å². The highest BCUT2D eigenvalue weighted by molar-refractivity contribution is 5.85. The first-order chi connectivity index (χ1) is 9.16. The van der Waals surface area contributed by atoms with Crippen molar-refractivity contribution < 1.29 is 0 Å². The van der Waals surface area contributed by atoms with Gasteiger partial charge in [-0.3, -0.25) is 9.88 Å². The second-order valence-electron chi connectivity index (χ2n) is 5.98. The molecule has 0 unspecified atom stereocenters. The van der Waals surface area contributed by atoms with Crippen molar-refractivity contribution in [1.29, 1.82) is 0 Å². The van der Waals surface area contributed by atoms with Crippen molar-refractivity contribution >= 4 is 24.8 Å². The molecule has 0 spiro atoms. The Labute approximate surface area is 141 Å². The Hall–Kier alpha value is -0.350. The second-order valence-corrected chi connectivity index (χ2v) is 5.98. The van der Waals surface area contributed by atoms with Crippen LogP contribution in [0.2, 0.25) is 0 Å². The third-order valence-corrected chi connectivity index (χ3v) is 3.86. The van der Waals surface area contributed by atoms with Gasteiger partial charge in [0, 0.05) is 31.9 Å². The Morgan fingerprint density at radius 1 is 1.14 bits per heavy atom. The van der Waals surface area contributed by atoms with Crippen LogP contribution in [0.3, 0.4) is 0 Å². The van der Waals surface area contributed by atoms with Crippen LogP contribution in [0.25, 0.3) is 0 Å². The molecule has 21 heavy (non-hydrogen) atoms. The average molecular weight is 334 g/mol. The molecule has 0 radical (unpaired) electrons. The van der Waals surface area contributed by atoms with Gasteiger partial charge in [0.25, 0.3) is 0 Å². The molecule has 1 aliphatic rings. The predicted molar refractivity (Wildman–Crippen MR) is 94.7 cm³/mol. The number of aryl methyl sites for hydroxylation is 1. The van der Waals surface area contributed by atoms with E-state index in [4.69, 9.17) is 4.98 Å². The summed E-state index contributed by atoms with van der Waals surface area (Å²) < 4.78 is 0. The zero-order valence-electron chi connectivity index (χ0n) is 13.3. The molecule has 1 fully saturated rings. The van der Waals surface area contributed by atoms with Gasteiger partial charge in [-0.05, 0) is 37.8 Å². The summed E-state index contributed by atoms with van der Waals surface area (Å²) in [5.74, 6) is 0.759. The normalized spacial score (nSPS) is 17.0. The SMILES string of the molecule is Cc1cccc([C@H](CCC(C)C)N2CCNCC2)n1.Cl.Cl. The lowest BCUT2D eigenvalue weighted by Gasteiger charge is -2.35. The molecule has 1 N–H and O–H groups in total. The number of pyridine rings is 1. The summed E-state index contributed by atoms with van der Waals surface area (Å²) >= 11 is 0. The van der Waals surface area contributed by atoms with Gasteiger partial charge in [-0.2, -0.15) is 0 Å². The number of aromatic nitrogens is 1. The monoisotopic (exact) mass is 333 g/mol. The number of nitrogens with one attached hydrogen (secondary N) is 1. The maximum absolute atomic E-state index is 4.76. The molecule has 1 aromatic heterocycles. The average Bonchev–Trinajstić information content (AvgIpc) is 2.40. The summed E-state index contributed by atoms with van der Waals surface area (Å²) in [5, 5.41) is 3.44. The van der Waals surface area contributed by atoms with Crippen molar-refractivity contribution in [3.05, 3.63) is 29.6 Å². The molecule has 1 aromatic rings. The van der Waals surface area contributed by atoms with Crippen LogP contribution in [0.5, 0.6) is 0 Å². The topological polar surface area (TPSA) is 28.2 Å². The van der Waals surface area contributed by atoms with Gasteiger partial charge in [-0.15, -0.1) is 24.8 Å². The summed E-state index contributed by atoms with van der Waals surface area (Å²) in [6.07, 6.45) is 2.48. The minimum Gasteiger partial charge on any atom is -0.314 e. The van der Waals surface area contributed by atoms with E-state index < -0.39 is 0 Å². The molecule has 2 heterocycles. The standard InChI is InChI=1S/C16H27N3.2ClH/c1-13(2)7-8-16(19-11-9-17-10-12-19)15-6-4-5-14(3)18-15;;/h4-6,13,16-17H,7-12H2,1-3H3;2*1H/t16-;;/m0../s1. The molecule has 0 amide bonds. The largest absolute Gasteiger partial charge is 0.314 e. The summed E-state index contributed by atoms with van der Waals surface area (Å²) in [6.45, 7) is 11.2. The minimum atomic E-state index is 0. The molecule has 0 saturated carbocycles. The van der Waals surface area contributed by atoms with Crippen molar-refractivity contribution in [2.75, 3.05) is 26.2 Å². The molecule has 1 atom stereocenters. The number of rotatable bonds is 5. The minimum absolute atomic E-state index is 0. The van der Waals surface area contributed by atoms with Gasteiger partial charge >= 0.3 is 0 Å². The Balaban J connectivity index is 0.00000200. The fraction of sp³-hybridized carbons (Fsp3) is 0.688. The van der Waals surface area contributed by atoms with Crippen LogP contribution in [-0.4, -0.2) is 36.1 Å². The fourth-order valence-corrected chi connectivity index (χ4v) is 2.75. The maximum Gasteiger partial charge on any atom is 0.0578 e. The summed E-state index contributed by atoms with van der Waals surface area (Å²) in [6, 6.07) is 6.91. The molecular formula is C16H29Cl2N3. The Kier molecular flexibility index (Phi) is 10.2. The molecule has 1 aliphatic heterocycles. The van der Waals surface area contributed by atoms with Crippen LogP contribution in [0.4, 0.5) is 0 Å². The number of nitrogens with zero attached hydrogens (tertiary/aromatic N) is 2. The molecule has 5 heteroatoms. The molecule has 122 valence electrons. The number of hydrogen-bond acceptors (Lipinski definition) is 3. The Morgan fingerprint density at radius 2 is 1.81 bits per heavy atom. The lowest BCUT2D eigenvalue weighted by Crippen LogP contribution is -2.45. The van der Waals surface area contributed by atoms with Crippen molar-refractivity contribution in [1.82, 2.24) is 15.2 Å². The van der Waals surface area contributed by atoms with Gasteiger partial charge in [-0.25, -0.2) is 0 Å². The van der Waals surface area contributed by atoms with Crippen molar-refractivity contribution in [2.24, 2.45) is 5.92 Å². The zero-order valence-corrected chi connectivity index (χ0v) is 15.0. The zero-order chi connectivity index (χ0) is 13.7.